The van der Waals surface area contributed by atoms with Gasteiger partial charge in [0, 0.05) is 17.3 Å². The maximum Gasteiger partial charge on any atom is 0.262 e. The zero-order chi connectivity index (χ0) is 25.2. The van der Waals surface area contributed by atoms with Crippen molar-refractivity contribution >= 4 is 22.6 Å². The van der Waals surface area contributed by atoms with Crippen molar-refractivity contribution in [2.45, 2.75) is 33.1 Å². The average molecular weight is 472 g/mol. The standard InChI is InChI=1S/C29H29NO5/c1-18-6-12-26(23(14-18)29(2,3)4)34-17-28(32)30-20-9-7-19(8-10-20)27-16-24(31)22-15-21(33-5)11-13-25(22)35-27/h6-16H,17H2,1-5H3,(H,30,32). The summed E-state index contributed by atoms with van der Waals surface area (Å²) >= 11 is 0. The van der Waals surface area contributed by atoms with Gasteiger partial charge in [-0.1, -0.05) is 38.5 Å². The molecule has 1 heterocycles. The Bertz CT molecular complexity index is 1430. The van der Waals surface area contributed by atoms with Crippen LogP contribution in [-0.2, 0) is 10.2 Å². The van der Waals surface area contributed by atoms with Crippen LogP contribution in [0.25, 0.3) is 22.3 Å². The van der Waals surface area contributed by atoms with Crippen LogP contribution in [0.3, 0.4) is 0 Å². The maximum atomic E-state index is 12.6. The van der Waals surface area contributed by atoms with Crippen LogP contribution in [0.4, 0.5) is 5.69 Å². The van der Waals surface area contributed by atoms with Crippen molar-refractivity contribution in [2.75, 3.05) is 19.0 Å². The number of hydrogen-bond donors (Lipinski definition) is 1. The molecule has 1 N–H and O–H groups in total. The van der Waals surface area contributed by atoms with Gasteiger partial charge in [0.2, 0.25) is 0 Å². The van der Waals surface area contributed by atoms with Gasteiger partial charge in [0.1, 0.15) is 22.8 Å². The highest BCUT2D eigenvalue weighted by molar-refractivity contribution is 5.92. The van der Waals surface area contributed by atoms with Gasteiger partial charge < -0.3 is 19.2 Å². The molecule has 1 amide bonds. The molecule has 180 valence electrons. The van der Waals surface area contributed by atoms with Crippen LogP contribution in [0, 0.1) is 6.92 Å². The van der Waals surface area contributed by atoms with Gasteiger partial charge in [-0.15, -0.1) is 0 Å². The third-order valence-electron chi connectivity index (χ3n) is 5.69. The third-order valence-corrected chi connectivity index (χ3v) is 5.69. The normalized spacial score (nSPS) is 11.3. The Morgan fingerprint density at radius 3 is 2.40 bits per heavy atom. The summed E-state index contributed by atoms with van der Waals surface area (Å²) in [5, 5.41) is 3.30. The number of carbonyl (C=O) groups excluding carboxylic acids is 1. The molecular weight excluding hydrogens is 442 g/mol. The van der Waals surface area contributed by atoms with Gasteiger partial charge in [-0.25, -0.2) is 0 Å². The van der Waals surface area contributed by atoms with Crippen molar-refractivity contribution in [3.8, 4) is 22.8 Å². The molecule has 6 heteroatoms. The molecule has 0 radical (unpaired) electrons. The smallest absolute Gasteiger partial charge is 0.262 e. The number of methoxy groups -OCH3 is 1. The van der Waals surface area contributed by atoms with E-state index in [1.165, 1.54) is 6.07 Å². The molecule has 0 atom stereocenters. The van der Waals surface area contributed by atoms with E-state index in [9.17, 15) is 9.59 Å². The minimum Gasteiger partial charge on any atom is -0.497 e. The van der Waals surface area contributed by atoms with Crippen molar-refractivity contribution in [2.24, 2.45) is 0 Å². The van der Waals surface area contributed by atoms with Gasteiger partial charge in [-0.3, -0.25) is 9.59 Å². The molecule has 0 aliphatic rings. The average Bonchev–Trinajstić information content (AvgIpc) is 2.83. The zero-order valence-corrected chi connectivity index (χ0v) is 20.6. The molecule has 4 rings (SSSR count). The molecule has 0 aliphatic heterocycles. The Kier molecular flexibility index (Phi) is 6.65. The molecule has 4 aromatic rings. The molecule has 0 saturated carbocycles. The van der Waals surface area contributed by atoms with E-state index < -0.39 is 0 Å². The van der Waals surface area contributed by atoms with E-state index in [1.807, 2.05) is 19.1 Å². The minimum absolute atomic E-state index is 0.0997. The summed E-state index contributed by atoms with van der Waals surface area (Å²) in [4.78, 5) is 25.1. The molecule has 0 spiro atoms. The van der Waals surface area contributed by atoms with Crippen molar-refractivity contribution in [3.63, 3.8) is 0 Å². The summed E-state index contributed by atoms with van der Waals surface area (Å²) in [6.45, 7) is 8.28. The van der Waals surface area contributed by atoms with Gasteiger partial charge in [0.15, 0.2) is 12.0 Å². The van der Waals surface area contributed by atoms with Crippen molar-refractivity contribution in [1.29, 1.82) is 0 Å². The lowest BCUT2D eigenvalue weighted by atomic mass is 9.85. The number of aryl methyl sites for hydroxylation is 1. The van der Waals surface area contributed by atoms with E-state index in [2.05, 4.69) is 32.2 Å². The van der Waals surface area contributed by atoms with E-state index in [-0.39, 0.29) is 23.4 Å². The summed E-state index contributed by atoms with van der Waals surface area (Å²) < 4.78 is 16.9. The second-order valence-corrected chi connectivity index (χ2v) is 9.50. The molecule has 0 fully saturated rings. The van der Waals surface area contributed by atoms with E-state index in [0.717, 1.165) is 16.7 Å². The molecular formula is C29H29NO5. The van der Waals surface area contributed by atoms with Gasteiger partial charge in [-0.2, -0.15) is 0 Å². The summed E-state index contributed by atoms with van der Waals surface area (Å²) in [6, 6.07) is 19.7. The van der Waals surface area contributed by atoms with Gasteiger partial charge in [0.25, 0.3) is 5.91 Å². The Labute approximate surface area is 204 Å². The fourth-order valence-corrected chi connectivity index (χ4v) is 3.82. The van der Waals surface area contributed by atoms with Crippen LogP contribution in [-0.4, -0.2) is 19.6 Å². The summed E-state index contributed by atoms with van der Waals surface area (Å²) in [7, 11) is 1.55. The van der Waals surface area contributed by atoms with Crippen LogP contribution in [0.2, 0.25) is 0 Å². The highest BCUT2D eigenvalue weighted by Gasteiger charge is 2.20. The summed E-state index contributed by atoms with van der Waals surface area (Å²) in [5.74, 6) is 1.49. The Morgan fingerprint density at radius 1 is 0.971 bits per heavy atom. The summed E-state index contributed by atoms with van der Waals surface area (Å²) in [5.41, 5.74) is 3.78. The van der Waals surface area contributed by atoms with Crippen LogP contribution in [0.5, 0.6) is 11.5 Å². The number of amides is 1. The lowest BCUT2D eigenvalue weighted by molar-refractivity contribution is -0.118. The molecule has 0 saturated heterocycles. The van der Waals surface area contributed by atoms with E-state index in [0.29, 0.717) is 33.9 Å². The lowest BCUT2D eigenvalue weighted by Gasteiger charge is -2.23. The molecule has 35 heavy (non-hydrogen) atoms. The van der Waals surface area contributed by atoms with Crippen LogP contribution in [0.1, 0.15) is 31.9 Å². The van der Waals surface area contributed by atoms with E-state index >= 15 is 0 Å². The lowest BCUT2D eigenvalue weighted by Crippen LogP contribution is -2.22. The summed E-state index contributed by atoms with van der Waals surface area (Å²) in [6.07, 6.45) is 0. The zero-order valence-electron chi connectivity index (χ0n) is 20.6. The number of benzene rings is 3. The molecule has 1 aromatic heterocycles. The van der Waals surface area contributed by atoms with Crippen molar-refractivity contribution < 1.29 is 18.7 Å². The van der Waals surface area contributed by atoms with Crippen LogP contribution < -0.4 is 20.2 Å². The van der Waals surface area contributed by atoms with Crippen LogP contribution in [0.15, 0.2) is 75.9 Å². The molecule has 3 aromatic carbocycles. The SMILES string of the molecule is COc1ccc2oc(-c3ccc(NC(=O)COc4ccc(C)cc4C(C)(C)C)cc3)cc(=O)c2c1. The quantitative estimate of drug-likeness (QED) is 0.368. The number of fused-ring (bicyclic) bond motifs is 1. The molecule has 6 nitrogen and oxygen atoms in total. The van der Waals surface area contributed by atoms with E-state index in [1.54, 1.807) is 49.6 Å². The number of hydrogen-bond acceptors (Lipinski definition) is 5. The van der Waals surface area contributed by atoms with Gasteiger partial charge in [-0.05, 0) is 66.4 Å². The van der Waals surface area contributed by atoms with E-state index in [4.69, 9.17) is 13.9 Å². The number of carbonyl (C=O) groups is 1. The largest absolute Gasteiger partial charge is 0.497 e. The Morgan fingerprint density at radius 2 is 1.71 bits per heavy atom. The minimum atomic E-state index is -0.260. The Hall–Kier alpha value is -4.06. The van der Waals surface area contributed by atoms with Crippen molar-refractivity contribution in [3.05, 3.63) is 88.1 Å². The highest BCUT2D eigenvalue weighted by Crippen LogP contribution is 2.32. The topological polar surface area (TPSA) is 77.8 Å². The number of rotatable bonds is 6. The number of nitrogens with one attached hydrogen (secondary N) is 1. The number of ether oxygens (including phenoxy) is 2. The van der Waals surface area contributed by atoms with Crippen molar-refractivity contribution in [1.82, 2.24) is 0 Å². The fourth-order valence-electron chi connectivity index (χ4n) is 3.82. The van der Waals surface area contributed by atoms with Crippen LogP contribution >= 0.6 is 0 Å². The first kappa shape index (κ1) is 24.1. The van der Waals surface area contributed by atoms with Gasteiger partial charge in [0.05, 0.1) is 12.5 Å². The predicted octanol–water partition coefficient (Wildman–Crippen LogP) is 6.09. The first-order chi connectivity index (χ1) is 16.6. The Balaban J connectivity index is 1.45. The third kappa shape index (κ3) is 5.54. The highest BCUT2D eigenvalue weighted by atomic mass is 16.5. The first-order valence-corrected chi connectivity index (χ1v) is 11.4. The first-order valence-electron chi connectivity index (χ1n) is 11.4. The second kappa shape index (κ2) is 9.66. The maximum absolute atomic E-state index is 12.6. The molecule has 0 bridgehead atoms. The van der Waals surface area contributed by atoms with Gasteiger partial charge >= 0.3 is 0 Å². The monoisotopic (exact) mass is 471 g/mol. The fraction of sp³-hybridized carbons (Fsp3) is 0.241. The number of anilines is 1. The second-order valence-electron chi connectivity index (χ2n) is 9.50. The predicted molar refractivity (Wildman–Crippen MR) is 138 cm³/mol. The molecule has 0 aliphatic carbocycles. The molecule has 0 unspecified atom stereocenters.